The van der Waals surface area contributed by atoms with Crippen molar-refractivity contribution in [3.63, 3.8) is 0 Å². The molecule has 0 bridgehead atoms. The topological polar surface area (TPSA) is 63.6 Å². The third-order valence-corrected chi connectivity index (χ3v) is 3.23. The summed E-state index contributed by atoms with van der Waals surface area (Å²) in [6.45, 7) is 5.24. The van der Waals surface area contributed by atoms with E-state index in [1.807, 2.05) is 25.1 Å². The van der Waals surface area contributed by atoms with Gasteiger partial charge in [-0.25, -0.2) is 4.79 Å². The molecule has 2 aromatic rings. The lowest BCUT2D eigenvalue weighted by atomic mass is 9.96. The van der Waals surface area contributed by atoms with Crippen molar-refractivity contribution in [2.24, 2.45) is 0 Å². The average molecular weight is 284 g/mol. The number of fused-ring (bicyclic) bond motifs is 1. The minimum atomic E-state index is -1.04. The molecule has 0 spiro atoms. The van der Waals surface area contributed by atoms with Crippen LogP contribution >= 0.6 is 0 Å². The minimum absolute atomic E-state index is 0.0986. The molecule has 0 unspecified atom stereocenters. The van der Waals surface area contributed by atoms with Crippen LogP contribution in [0, 0.1) is 0 Å². The van der Waals surface area contributed by atoms with Crippen LogP contribution in [0.1, 0.15) is 23.7 Å². The lowest BCUT2D eigenvalue weighted by Gasteiger charge is -2.11. The van der Waals surface area contributed by atoms with Gasteiger partial charge in [0.1, 0.15) is 5.75 Å². The van der Waals surface area contributed by atoms with Crippen LogP contribution in [-0.2, 0) is 4.79 Å². The number of allylic oxidation sites excluding steroid dienone is 1. The number of carboxylic acids is 1. The van der Waals surface area contributed by atoms with Crippen LogP contribution < -0.4 is 4.74 Å². The molecule has 0 atom stereocenters. The van der Waals surface area contributed by atoms with Gasteiger partial charge in [0.15, 0.2) is 12.4 Å². The van der Waals surface area contributed by atoms with Gasteiger partial charge in [-0.05, 0) is 29.5 Å². The van der Waals surface area contributed by atoms with Crippen LogP contribution in [0.4, 0.5) is 0 Å². The summed E-state index contributed by atoms with van der Waals surface area (Å²) in [4.78, 5) is 23.0. The third-order valence-electron chi connectivity index (χ3n) is 3.23. The Bertz CT molecular complexity index is 716. The molecule has 1 N–H and O–H groups in total. The number of carboxylic acid groups (broad SMARTS) is 1. The van der Waals surface area contributed by atoms with Gasteiger partial charge >= 0.3 is 5.97 Å². The molecule has 0 saturated carbocycles. The summed E-state index contributed by atoms with van der Waals surface area (Å²) in [6, 6.07) is 10.6. The fourth-order valence-electron chi connectivity index (χ4n) is 2.09. The predicted octanol–water partition coefficient (Wildman–Crippen LogP) is 3.45. The first-order valence-corrected chi connectivity index (χ1v) is 6.63. The van der Waals surface area contributed by atoms with E-state index in [1.165, 1.54) is 0 Å². The van der Waals surface area contributed by atoms with Gasteiger partial charge in [-0.1, -0.05) is 37.8 Å². The monoisotopic (exact) mass is 284 g/mol. The molecule has 0 saturated heterocycles. The van der Waals surface area contributed by atoms with E-state index in [-0.39, 0.29) is 5.78 Å². The summed E-state index contributed by atoms with van der Waals surface area (Å²) in [7, 11) is 0. The van der Waals surface area contributed by atoms with Crippen molar-refractivity contribution >= 4 is 22.5 Å². The first kappa shape index (κ1) is 14.8. The molecule has 108 valence electrons. The molecule has 0 aliphatic heterocycles. The Balaban J connectivity index is 2.51. The van der Waals surface area contributed by atoms with E-state index in [0.717, 1.165) is 5.39 Å². The number of ketones is 1. The Morgan fingerprint density at radius 2 is 1.81 bits per heavy atom. The predicted molar refractivity (Wildman–Crippen MR) is 80.8 cm³/mol. The fraction of sp³-hybridized carbons (Fsp3) is 0.176. The summed E-state index contributed by atoms with van der Waals surface area (Å²) in [5.41, 5.74) is 1.10. The standard InChI is InChI=1S/C17H16O4/c1-3-11(2)17(20)14-8-9-15(21-10-16(18)19)13-7-5-4-6-12(13)14/h4-9H,2-3,10H2,1H3,(H,18,19). The van der Waals surface area contributed by atoms with Crippen LogP contribution in [0.3, 0.4) is 0 Å². The van der Waals surface area contributed by atoms with Crippen LogP contribution in [0.5, 0.6) is 5.75 Å². The van der Waals surface area contributed by atoms with Crippen LogP contribution in [0.2, 0.25) is 0 Å². The second-order valence-electron chi connectivity index (χ2n) is 4.63. The Morgan fingerprint density at radius 1 is 1.14 bits per heavy atom. The van der Waals surface area contributed by atoms with E-state index in [0.29, 0.717) is 28.7 Å². The second-order valence-corrected chi connectivity index (χ2v) is 4.63. The zero-order valence-corrected chi connectivity index (χ0v) is 11.8. The van der Waals surface area contributed by atoms with E-state index >= 15 is 0 Å². The zero-order valence-electron chi connectivity index (χ0n) is 11.8. The summed E-state index contributed by atoms with van der Waals surface area (Å²) < 4.78 is 5.27. The molecule has 2 aromatic carbocycles. The molecule has 0 aliphatic rings. The molecule has 2 rings (SSSR count). The lowest BCUT2D eigenvalue weighted by Crippen LogP contribution is -2.10. The van der Waals surface area contributed by atoms with E-state index < -0.39 is 12.6 Å². The molecule has 0 radical (unpaired) electrons. The molecule has 0 fully saturated rings. The molecular weight excluding hydrogens is 268 g/mol. The molecule has 0 aliphatic carbocycles. The molecule has 0 aromatic heterocycles. The van der Waals surface area contributed by atoms with Crippen molar-refractivity contribution in [2.75, 3.05) is 6.61 Å². The van der Waals surface area contributed by atoms with Crippen molar-refractivity contribution in [1.29, 1.82) is 0 Å². The quantitative estimate of drug-likeness (QED) is 0.652. The van der Waals surface area contributed by atoms with Crippen molar-refractivity contribution in [2.45, 2.75) is 13.3 Å². The number of carbonyl (C=O) groups excluding carboxylic acids is 1. The summed E-state index contributed by atoms with van der Waals surface area (Å²) >= 11 is 0. The van der Waals surface area contributed by atoms with Crippen molar-refractivity contribution < 1.29 is 19.4 Å². The van der Waals surface area contributed by atoms with Crippen molar-refractivity contribution in [3.8, 4) is 5.75 Å². The number of rotatable bonds is 6. The maximum atomic E-state index is 12.3. The summed E-state index contributed by atoms with van der Waals surface area (Å²) in [6.07, 6.45) is 0.588. The SMILES string of the molecule is C=C(CC)C(=O)c1ccc(OCC(=O)O)c2ccccc12. The number of hydrogen-bond acceptors (Lipinski definition) is 3. The van der Waals surface area contributed by atoms with Crippen LogP contribution in [-0.4, -0.2) is 23.5 Å². The summed E-state index contributed by atoms with van der Waals surface area (Å²) in [5, 5.41) is 10.2. The molecule has 4 nitrogen and oxygen atoms in total. The molecule has 0 heterocycles. The van der Waals surface area contributed by atoms with E-state index in [9.17, 15) is 9.59 Å². The Labute approximate surface area is 122 Å². The van der Waals surface area contributed by atoms with Gasteiger partial charge in [-0.3, -0.25) is 4.79 Å². The van der Waals surface area contributed by atoms with Crippen molar-refractivity contribution in [1.82, 2.24) is 0 Å². The van der Waals surface area contributed by atoms with Gasteiger partial charge < -0.3 is 9.84 Å². The fourth-order valence-corrected chi connectivity index (χ4v) is 2.09. The average Bonchev–Trinajstić information content (AvgIpc) is 2.50. The zero-order chi connectivity index (χ0) is 15.4. The number of aliphatic carboxylic acids is 1. The van der Waals surface area contributed by atoms with Crippen LogP contribution in [0.25, 0.3) is 10.8 Å². The number of Topliss-reactive ketones (excluding diaryl/α,β-unsaturated/α-hetero) is 1. The van der Waals surface area contributed by atoms with E-state index in [4.69, 9.17) is 9.84 Å². The Morgan fingerprint density at radius 3 is 2.43 bits per heavy atom. The lowest BCUT2D eigenvalue weighted by molar-refractivity contribution is -0.139. The second kappa shape index (κ2) is 6.22. The number of benzene rings is 2. The highest BCUT2D eigenvalue weighted by Crippen LogP contribution is 2.30. The minimum Gasteiger partial charge on any atom is -0.481 e. The highest BCUT2D eigenvalue weighted by atomic mass is 16.5. The Kier molecular flexibility index (Phi) is 4.38. The first-order chi connectivity index (χ1) is 10.0. The first-order valence-electron chi connectivity index (χ1n) is 6.63. The van der Waals surface area contributed by atoms with E-state index in [1.54, 1.807) is 18.2 Å². The van der Waals surface area contributed by atoms with Gasteiger partial charge in [0.05, 0.1) is 0 Å². The third kappa shape index (κ3) is 3.11. The largest absolute Gasteiger partial charge is 0.481 e. The van der Waals surface area contributed by atoms with Crippen molar-refractivity contribution in [3.05, 3.63) is 54.1 Å². The molecule has 21 heavy (non-hydrogen) atoms. The molecule has 0 amide bonds. The van der Waals surface area contributed by atoms with Gasteiger partial charge in [0.25, 0.3) is 0 Å². The maximum absolute atomic E-state index is 12.3. The Hall–Kier alpha value is -2.62. The highest BCUT2D eigenvalue weighted by molar-refractivity contribution is 6.16. The number of carbonyl (C=O) groups is 2. The van der Waals surface area contributed by atoms with Gasteiger partial charge in [0.2, 0.25) is 0 Å². The molecule has 4 heteroatoms. The maximum Gasteiger partial charge on any atom is 0.341 e. The van der Waals surface area contributed by atoms with Gasteiger partial charge in [-0.2, -0.15) is 0 Å². The highest BCUT2D eigenvalue weighted by Gasteiger charge is 2.15. The van der Waals surface area contributed by atoms with Gasteiger partial charge in [0, 0.05) is 10.9 Å². The van der Waals surface area contributed by atoms with Gasteiger partial charge in [-0.15, -0.1) is 0 Å². The molecular formula is C17H16O4. The smallest absolute Gasteiger partial charge is 0.341 e. The van der Waals surface area contributed by atoms with E-state index in [2.05, 4.69) is 6.58 Å². The summed E-state index contributed by atoms with van der Waals surface area (Å²) in [5.74, 6) is -0.691. The number of ether oxygens (including phenoxy) is 1. The number of hydrogen-bond donors (Lipinski definition) is 1. The normalized spacial score (nSPS) is 10.3. The van der Waals surface area contributed by atoms with Crippen LogP contribution in [0.15, 0.2) is 48.6 Å².